The molecule has 3 rings (SSSR count). The molecule has 1 aliphatic heterocycles. The van der Waals surface area contributed by atoms with Gasteiger partial charge >= 0.3 is 12.0 Å². The van der Waals surface area contributed by atoms with Crippen molar-refractivity contribution in [2.45, 2.75) is 20.3 Å². The van der Waals surface area contributed by atoms with E-state index in [9.17, 15) is 14.7 Å². The molecule has 7 nitrogen and oxygen atoms in total. The van der Waals surface area contributed by atoms with Crippen molar-refractivity contribution in [2.75, 3.05) is 25.0 Å². The lowest BCUT2D eigenvalue weighted by molar-refractivity contribution is -0.146. The van der Waals surface area contributed by atoms with Crippen LogP contribution in [0.5, 0.6) is 17.2 Å². The summed E-state index contributed by atoms with van der Waals surface area (Å²) in [4.78, 5) is 25.2. The molecule has 148 valence electrons. The molecule has 2 aromatic carbocycles. The van der Waals surface area contributed by atoms with Gasteiger partial charge in [-0.1, -0.05) is 0 Å². The average molecular weight is 384 g/mol. The highest BCUT2D eigenvalue weighted by atomic mass is 16.5. The van der Waals surface area contributed by atoms with Gasteiger partial charge < -0.3 is 24.8 Å². The molecular formula is C21H24N2O5. The first-order chi connectivity index (χ1) is 13.4. The topological polar surface area (TPSA) is 88.1 Å². The zero-order chi connectivity index (χ0) is 20.1. The average Bonchev–Trinajstić information content (AvgIpc) is 3.09. The number of amides is 2. The van der Waals surface area contributed by atoms with Gasteiger partial charge in [-0.05, 0) is 68.8 Å². The van der Waals surface area contributed by atoms with E-state index in [0.29, 0.717) is 36.8 Å². The Balaban J connectivity index is 1.56. The highest BCUT2D eigenvalue weighted by Gasteiger charge is 2.42. The number of hydrogen-bond donors (Lipinski definition) is 2. The molecule has 0 bridgehead atoms. The SMILES string of the molecule is CCOc1ccc(Oc2ccc(NC(=O)N3CCC(C)(C(=O)O)C3)cc2)cc1. The quantitative estimate of drug-likeness (QED) is 0.779. The number of nitrogens with one attached hydrogen (secondary N) is 1. The van der Waals surface area contributed by atoms with Gasteiger partial charge in [0.15, 0.2) is 0 Å². The van der Waals surface area contributed by atoms with Crippen molar-refractivity contribution in [1.82, 2.24) is 4.90 Å². The van der Waals surface area contributed by atoms with Gasteiger partial charge in [0.2, 0.25) is 0 Å². The fourth-order valence-electron chi connectivity index (χ4n) is 3.02. The standard InChI is InChI=1S/C21H24N2O5/c1-3-27-16-8-10-18(11-9-16)28-17-6-4-15(5-7-17)22-20(26)23-13-12-21(2,14-23)19(24)25/h4-11H,3,12-14H2,1-2H3,(H,22,26)(H,24,25). The number of aliphatic carboxylic acids is 1. The van der Waals surface area contributed by atoms with Crippen molar-refractivity contribution >= 4 is 17.7 Å². The molecule has 1 fully saturated rings. The maximum atomic E-state index is 12.4. The Bertz CT molecular complexity index is 835. The Morgan fingerprint density at radius 3 is 2.18 bits per heavy atom. The van der Waals surface area contributed by atoms with Crippen LogP contribution < -0.4 is 14.8 Å². The van der Waals surface area contributed by atoms with Gasteiger partial charge in [-0.25, -0.2) is 4.79 Å². The van der Waals surface area contributed by atoms with E-state index in [1.807, 2.05) is 31.2 Å². The predicted octanol–water partition coefficient (Wildman–Crippen LogP) is 4.21. The van der Waals surface area contributed by atoms with E-state index in [4.69, 9.17) is 9.47 Å². The van der Waals surface area contributed by atoms with Crippen LogP contribution in [0.4, 0.5) is 10.5 Å². The van der Waals surface area contributed by atoms with E-state index in [0.717, 1.165) is 5.75 Å². The first kappa shape index (κ1) is 19.5. The molecule has 2 N–H and O–H groups in total. The first-order valence-corrected chi connectivity index (χ1v) is 9.20. The van der Waals surface area contributed by atoms with E-state index in [1.165, 1.54) is 4.90 Å². The van der Waals surface area contributed by atoms with Crippen LogP contribution >= 0.6 is 0 Å². The number of rotatable bonds is 6. The Morgan fingerprint density at radius 2 is 1.64 bits per heavy atom. The van der Waals surface area contributed by atoms with Crippen LogP contribution in [-0.4, -0.2) is 41.7 Å². The highest BCUT2D eigenvalue weighted by Crippen LogP contribution is 2.31. The minimum Gasteiger partial charge on any atom is -0.494 e. The molecule has 1 heterocycles. The van der Waals surface area contributed by atoms with Gasteiger partial charge in [0, 0.05) is 18.8 Å². The summed E-state index contributed by atoms with van der Waals surface area (Å²) in [6.07, 6.45) is 0.449. The van der Waals surface area contributed by atoms with Crippen LogP contribution in [0.2, 0.25) is 0 Å². The summed E-state index contributed by atoms with van der Waals surface area (Å²) in [6.45, 7) is 4.83. The number of carbonyl (C=O) groups is 2. The second-order valence-corrected chi connectivity index (χ2v) is 7.00. The van der Waals surface area contributed by atoms with Gasteiger partial charge in [-0.3, -0.25) is 4.79 Å². The monoisotopic (exact) mass is 384 g/mol. The fraction of sp³-hybridized carbons (Fsp3) is 0.333. The van der Waals surface area contributed by atoms with Gasteiger partial charge in [0.25, 0.3) is 0 Å². The number of carboxylic acids is 1. The zero-order valence-electron chi connectivity index (χ0n) is 16.0. The van der Waals surface area contributed by atoms with E-state index in [-0.39, 0.29) is 12.6 Å². The number of carboxylic acid groups (broad SMARTS) is 1. The Labute approximate surface area is 163 Å². The minimum atomic E-state index is -0.882. The molecule has 1 aliphatic rings. The summed E-state index contributed by atoms with van der Waals surface area (Å²) in [5, 5.41) is 12.1. The number of urea groups is 1. The molecule has 28 heavy (non-hydrogen) atoms. The second kappa shape index (κ2) is 8.21. The summed E-state index contributed by atoms with van der Waals surface area (Å²) in [7, 11) is 0. The van der Waals surface area contributed by atoms with E-state index >= 15 is 0 Å². The molecule has 0 aromatic heterocycles. The predicted molar refractivity (Wildman–Crippen MR) is 105 cm³/mol. The maximum Gasteiger partial charge on any atom is 0.321 e. The molecule has 0 spiro atoms. The van der Waals surface area contributed by atoms with Crippen molar-refractivity contribution in [1.29, 1.82) is 0 Å². The molecule has 1 unspecified atom stereocenters. The first-order valence-electron chi connectivity index (χ1n) is 9.20. The van der Waals surface area contributed by atoms with Gasteiger partial charge in [-0.15, -0.1) is 0 Å². The molecule has 1 saturated heterocycles. The smallest absolute Gasteiger partial charge is 0.321 e. The molecule has 7 heteroatoms. The molecule has 2 amide bonds. The summed E-state index contributed by atoms with van der Waals surface area (Å²) in [5.41, 5.74) is -0.264. The second-order valence-electron chi connectivity index (χ2n) is 7.00. The lowest BCUT2D eigenvalue weighted by atomic mass is 9.90. The number of anilines is 1. The van der Waals surface area contributed by atoms with Crippen LogP contribution in [0.1, 0.15) is 20.3 Å². The minimum absolute atomic E-state index is 0.201. The molecule has 0 radical (unpaired) electrons. The molecule has 0 saturated carbocycles. The summed E-state index contributed by atoms with van der Waals surface area (Å²) < 4.78 is 11.2. The van der Waals surface area contributed by atoms with Crippen LogP contribution in [-0.2, 0) is 4.79 Å². The third-order valence-electron chi connectivity index (χ3n) is 4.75. The van der Waals surface area contributed by atoms with Crippen LogP contribution in [0.3, 0.4) is 0 Å². The van der Waals surface area contributed by atoms with Crippen LogP contribution in [0.15, 0.2) is 48.5 Å². The van der Waals surface area contributed by atoms with Gasteiger partial charge in [-0.2, -0.15) is 0 Å². The number of hydrogen-bond acceptors (Lipinski definition) is 4. The van der Waals surface area contributed by atoms with Gasteiger partial charge in [0.05, 0.1) is 12.0 Å². The number of ether oxygens (including phenoxy) is 2. The lowest BCUT2D eigenvalue weighted by Crippen LogP contribution is -2.37. The molecular weight excluding hydrogens is 360 g/mol. The van der Waals surface area contributed by atoms with Crippen molar-refractivity contribution in [2.24, 2.45) is 5.41 Å². The van der Waals surface area contributed by atoms with Crippen molar-refractivity contribution in [3.63, 3.8) is 0 Å². The van der Waals surface area contributed by atoms with Crippen molar-refractivity contribution in [3.05, 3.63) is 48.5 Å². The molecule has 0 aliphatic carbocycles. The number of benzene rings is 2. The molecule has 1 atom stereocenters. The fourth-order valence-corrected chi connectivity index (χ4v) is 3.02. The van der Waals surface area contributed by atoms with Crippen molar-refractivity contribution in [3.8, 4) is 17.2 Å². The largest absolute Gasteiger partial charge is 0.494 e. The zero-order valence-corrected chi connectivity index (χ0v) is 16.0. The van der Waals surface area contributed by atoms with Crippen LogP contribution in [0, 0.1) is 5.41 Å². The molecule has 2 aromatic rings. The van der Waals surface area contributed by atoms with Crippen LogP contribution in [0.25, 0.3) is 0 Å². The summed E-state index contributed by atoms with van der Waals surface area (Å²) in [5.74, 6) is 1.24. The highest BCUT2D eigenvalue weighted by molar-refractivity contribution is 5.90. The normalized spacial score (nSPS) is 18.6. The van der Waals surface area contributed by atoms with E-state index < -0.39 is 11.4 Å². The third kappa shape index (κ3) is 4.54. The number of nitrogens with zero attached hydrogens (tertiary/aromatic N) is 1. The summed E-state index contributed by atoms with van der Waals surface area (Å²) >= 11 is 0. The Hall–Kier alpha value is -3.22. The van der Waals surface area contributed by atoms with Gasteiger partial charge in [0.1, 0.15) is 17.2 Å². The van der Waals surface area contributed by atoms with E-state index in [1.54, 1.807) is 31.2 Å². The third-order valence-corrected chi connectivity index (χ3v) is 4.75. The summed E-state index contributed by atoms with van der Waals surface area (Å²) in [6, 6.07) is 14.0. The Kier molecular flexibility index (Phi) is 5.73. The number of carbonyl (C=O) groups excluding carboxylic acids is 1. The Morgan fingerprint density at radius 1 is 1.07 bits per heavy atom. The van der Waals surface area contributed by atoms with E-state index in [2.05, 4.69) is 5.32 Å². The maximum absolute atomic E-state index is 12.4. The lowest BCUT2D eigenvalue weighted by Gasteiger charge is -2.20. The number of likely N-dealkylation sites (tertiary alicyclic amines) is 1. The van der Waals surface area contributed by atoms with Crippen molar-refractivity contribution < 1.29 is 24.2 Å².